The molecule has 0 spiro atoms. The van der Waals surface area contributed by atoms with E-state index in [4.69, 9.17) is 0 Å². The van der Waals surface area contributed by atoms with Crippen molar-refractivity contribution >= 4 is 11.8 Å². The highest BCUT2D eigenvalue weighted by Crippen LogP contribution is 2.18. The highest BCUT2D eigenvalue weighted by atomic mass is 16.4. The fraction of sp³-hybridized carbons (Fsp3) is 0.895. The van der Waals surface area contributed by atoms with E-state index in [9.17, 15) is 19.8 Å². The summed E-state index contributed by atoms with van der Waals surface area (Å²) >= 11 is 0. The Hall–Kier alpha value is -0.940. The van der Waals surface area contributed by atoms with E-state index < -0.39 is 12.3 Å². The molecule has 5 nitrogen and oxygen atoms in total. The summed E-state index contributed by atoms with van der Waals surface area (Å²) in [6.07, 6.45) is 10.5. The smallest absolute Gasteiger partial charge is 0.231 e. The van der Waals surface area contributed by atoms with Gasteiger partial charge in [0, 0.05) is 12.8 Å². The first-order valence-electron chi connectivity index (χ1n) is 9.59. The molecule has 0 bridgehead atoms. The van der Waals surface area contributed by atoms with Crippen LogP contribution in [0.2, 0.25) is 0 Å². The molecule has 0 aromatic rings. The summed E-state index contributed by atoms with van der Waals surface area (Å²) < 4.78 is 0. The number of hydrogen-bond acceptors (Lipinski definition) is 4. The predicted octanol–water partition coefficient (Wildman–Crippen LogP) is 3.76. The average molecular weight is 344 g/mol. The van der Waals surface area contributed by atoms with Gasteiger partial charge in [-0.2, -0.15) is 0 Å². The topological polar surface area (TPSA) is 77.8 Å². The monoisotopic (exact) mass is 343 g/mol. The molecule has 0 saturated carbocycles. The molecule has 0 saturated heterocycles. The zero-order valence-electron chi connectivity index (χ0n) is 15.9. The number of carbonyl (C=O) groups excluding carboxylic acids is 2. The summed E-state index contributed by atoms with van der Waals surface area (Å²) in [6, 6.07) is 0. The predicted molar refractivity (Wildman–Crippen MR) is 96.3 cm³/mol. The molecule has 24 heavy (non-hydrogen) atoms. The van der Waals surface area contributed by atoms with E-state index in [0.717, 1.165) is 56.3 Å². The lowest BCUT2D eigenvalue weighted by atomic mass is 10.1. The molecule has 0 aliphatic rings. The Balaban J connectivity index is 4.51. The maximum Gasteiger partial charge on any atom is 0.231 e. The lowest BCUT2D eigenvalue weighted by Gasteiger charge is -2.34. The van der Waals surface area contributed by atoms with Crippen molar-refractivity contribution in [3.8, 4) is 0 Å². The molecular formula is C19H37NO4. The second kappa shape index (κ2) is 13.4. The Labute approximate surface area is 147 Å². The summed E-state index contributed by atoms with van der Waals surface area (Å²) in [5.74, 6) is -0.770. The minimum absolute atomic E-state index is 0.238. The van der Waals surface area contributed by atoms with E-state index in [1.54, 1.807) is 0 Å². The SMILES string of the molecule is CCCCCCCC(=O)N(C(=O)CCCCCCC)C(C)(O)CO. The van der Waals surface area contributed by atoms with Gasteiger partial charge in [0.25, 0.3) is 0 Å². The normalized spacial score (nSPS) is 13.5. The number of aliphatic hydroxyl groups is 2. The Morgan fingerprint density at radius 2 is 1.17 bits per heavy atom. The van der Waals surface area contributed by atoms with E-state index in [-0.39, 0.29) is 24.7 Å². The van der Waals surface area contributed by atoms with Crippen LogP contribution < -0.4 is 0 Å². The Bertz CT molecular complexity index is 329. The van der Waals surface area contributed by atoms with Crippen LogP contribution in [0.3, 0.4) is 0 Å². The van der Waals surface area contributed by atoms with Gasteiger partial charge < -0.3 is 10.2 Å². The first-order valence-corrected chi connectivity index (χ1v) is 9.59. The molecule has 0 rings (SSSR count). The highest BCUT2D eigenvalue weighted by molar-refractivity contribution is 5.96. The number of amides is 2. The second-order valence-corrected chi connectivity index (χ2v) is 6.83. The lowest BCUT2D eigenvalue weighted by molar-refractivity contribution is -0.176. The Morgan fingerprint density at radius 3 is 1.50 bits per heavy atom. The van der Waals surface area contributed by atoms with Crippen molar-refractivity contribution in [1.29, 1.82) is 0 Å². The van der Waals surface area contributed by atoms with Crippen LogP contribution in [0.15, 0.2) is 0 Å². The molecule has 142 valence electrons. The molecule has 0 aliphatic carbocycles. The fourth-order valence-electron chi connectivity index (χ4n) is 2.73. The van der Waals surface area contributed by atoms with Crippen LogP contribution in [-0.2, 0) is 9.59 Å². The standard InChI is InChI=1S/C19H37NO4/c1-4-6-8-10-12-14-17(22)20(19(3,24)16-21)18(23)15-13-11-9-7-5-2/h21,24H,4-16H2,1-3H3. The summed E-state index contributed by atoms with van der Waals surface area (Å²) in [5.41, 5.74) is -1.82. The largest absolute Gasteiger partial charge is 0.391 e. The minimum Gasteiger partial charge on any atom is -0.391 e. The Morgan fingerprint density at radius 1 is 0.792 bits per heavy atom. The van der Waals surface area contributed by atoms with Crippen LogP contribution in [0.5, 0.6) is 0 Å². The molecule has 1 unspecified atom stereocenters. The summed E-state index contributed by atoms with van der Waals surface area (Å²) in [7, 11) is 0. The van der Waals surface area contributed by atoms with Crippen LogP contribution in [0.4, 0.5) is 0 Å². The van der Waals surface area contributed by atoms with Gasteiger partial charge in [-0.25, -0.2) is 0 Å². The number of imide groups is 1. The molecule has 5 heteroatoms. The van der Waals surface area contributed by atoms with Gasteiger partial charge in [0.2, 0.25) is 11.8 Å². The van der Waals surface area contributed by atoms with Gasteiger partial charge in [-0.1, -0.05) is 65.2 Å². The summed E-state index contributed by atoms with van der Waals surface area (Å²) in [5, 5.41) is 19.6. The third-order valence-corrected chi connectivity index (χ3v) is 4.27. The maximum atomic E-state index is 12.4. The molecule has 2 N–H and O–H groups in total. The molecule has 1 atom stereocenters. The number of rotatable bonds is 14. The number of carbonyl (C=O) groups is 2. The van der Waals surface area contributed by atoms with Crippen molar-refractivity contribution in [3.05, 3.63) is 0 Å². The summed E-state index contributed by atoms with van der Waals surface area (Å²) in [6.45, 7) is 4.93. The number of nitrogens with zero attached hydrogens (tertiary/aromatic N) is 1. The molecule has 2 amide bonds. The number of aliphatic hydroxyl groups excluding tert-OH is 1. The van der Waals surface area contributed by atoms with Crippen LogP contribution in [0.1, 0.15) is 97.8 Å². The zero-order valence-corrected chi connectivity index (χ0v) is 15.9. The lowest BCUT2D eigenvalue weighted by Crippen LogP contribution is -2.55. The van der Waals surface area contributed by atoms with Gasteiger partial charge in [0.1, 0.15) is 0 Å². The first kappa shape index (κ1) is 23.1. The van der Waals surface area contributed by atoms with E-state index in [1.807, 2.05) is 0 Å². The van der Waals surface area contributed by atoms with Crippen molar-refractivity contribution in [1.82, 2.24) is 4.90 Å². The van der Waals surface area contributed by atoms with Crippen LogP contribution in [-0.4, -0.2) is 39.3 Å². The van der Waals surface area contributed by atoms with E-state index in [1.165, 1.54) is 6.92 Å². The van der Waals surface area contributed by atoms with Crippen molar-refractivity contribution < 1.29 is 19.8 Å². The van der Waals surface area contributed by atoms with Crippen molar-refractivity contribution in [2.24, 2.45) is 0 Å². The minimum atomic E-state index is -1.82. The quantitative estimate of drug-likeness (QED) is 0.372. The third kappa shape index (κ3) is 9.38. The van der Waals surface area contributed by atoms with Gasteiger partial charge in [0.15, 0.2) is 5.72 Å². The molecule has 0 aromatic carbocycles. The molecule has 0 heterocycles. The third-order valence-electron chi connectivity index (χ3n) is 4.27. The van der Waals surface area contributed by atoms with Gasteiger partial charge in [-0.15, -0.1) is 0 Å². The van der Waals surface area contributed by atoms with Crippen molar-refractivity contribution in [3.63, 3.8) is 0 Å². The maximum absolute atomic E-state index is 12.4. The highest BCUT2D eigenvalue weighted by Gasteiger charge is 2.36. The van der Waals surface area contributed by atoms with Crippen LogP contribution >= 0.6 is 0 Å². The fourth-order valence-corrected chi connectivity index (χ4v) is 2.73. The van der Waals surface area contributed by atoms with Gasteiger partial charge in [-0.3, -0.25) is 14.5 Å². The van der Waals surface area contributed by atoms with Crippen LogP contribution in [0, 0.1) is 0 Å². The molecule has 0 radical (unpaired) electrons. The Kier molecular flexibility index (Phi) is 12.8. The van der Waals surface area contributed by atoms with Crippen molar-refractivity contribution in [2.75, 3.05) is 6.61 Å². The van der Waals surface area contributed by atoms with Crippen molar-refractivity contribution in [2.45, 2.75) is 104 Å². The van der Waals surface area contributed by atoms with Gasteiger partial charge in [0.05, 0.1) is 6.61 Å². The van der Waals surface area contributed by atoms with Gasteiger partial charge in [-0.05, 0) is 19.8 Å². The average Bonchev–Trinajstić information content (AvgIpc) is 2.54. The summed E-state index contributed by atoms with van der Waals surface area (Å²) in [4.78, 5) is 25.7. The molecule has 0 fully saturated rings. The van der Waals surface area contributed by atoms with E-state index in [0.29, 0.717) is 12.8 Å². The number of hydrogen-bond donors (Lipinski definition) is 2. The van der Waals surface area contributed by atoms with E-state index in [2.05, 4.69) is 13.8 Å². The van der Waals surface area contributed by atoms with Gasteiger partial charge >= 0.3 is 0 Å². The molecule has 0 aliphatic heterocycles. The van der Waals surface area contributed by atoms with E-state index >= 15 is 0 Å². The first-order chi connectivity index (χ1) is 11.4. The number of unbranched alkanes of at least 4 members (excludes halogenated alkanes) is 8. The van der Waals surface area contributed by atoms with Crippen LogP contribution in [0.25, 0.3) is 0 Å². The second-order valence-electron chi connectivity index (χ2n) is 6.83. The molecular weight excluding hydrogens is 306 g/mol. The molecule has 0 aromatic heterocycles. The zero-order chi connectivity index (χ0) is 18.4.